The van der Waals surface area contributed by atoms with E-state index in [2.05, 4.69) is 66.0 Å². The Bertz CT molecular complexity index is 1080. The van der Waals surface area contributed by atoms with Crippen LogP contribution in [0.3, 0.4) is 0 Å². The highest BCUT2D eigenvalue weighted by molar-refractivity contribution is 7.21. The molecule has 4 aromatic rings. The largest absolute Gasteiger partial charge is 0.497 e. The van der Waals surface area contributed by atoms with Crippen LogP contribution in [0.1, 0.15) is 11.1 Å². The van der Waals surface area contributed by atoms with E-state index in [-0.39, 0.29) is 0 Å². The SMILES string of the molecule is CNc1ccc(C=Cc2ccc(-c3nc4ccc(OC)cc4s3)cc2)cc1. The van der Waals surface area contributed by atoms with Crippen LogP contribution in [0.15, 0.2) is 66.7 Å². The van der Waals surface area contributed by atoms with Crippen molar-refractivity contribution in [3.8, 4) is 16.3 Å². The fourth-order valence-corrected chi connectivity index (χ4v) is 3.85. The lowest BCUT2D eigenvalue weighted by atomic mass is 10.1. The van der Waals surface area contributed by atoms with Crippen molar-refractivity contribution < 1.29 is 4.74 Å². The lowest BCUT2D eigenvalue weighted by molar-refractivity contribution is 0.415. The van der Waals surface area contributed by atoms with Crippen LogP contribution in [-0.4, -0.2) is 19.1 Å². The van der Waals surface area contributed by atoms with E-state index in [1.165, 1.54) is 11.1 Å². The van der Waals surface area contributed by atoms with Crippen molar-refractivity contribution in [2.24, 2.45) is 0 Å². The Labute approximate surface area is 163 Å². The summed E-state index contributed by atoms with van der Waals surface area (Å²) in [6, 6.07) is 22.8. The number of ether oxygens (including phenoxy) is 1. The molecule has 4 heteroatoms. The first-order valence-electron chi connectivity index (χ1n) is 8.76. The van der Waals surface area contributed by atoms with Crippen LogP contribution in [0, 0.1) is 0 Å². The summed E-state index contributed by atoms with van der Waals surface area (Å²) in [5.41, 5.74) is 5.60. The molecule has 0 unspecified atom stereocenters. The maximum absolute atomic E-state index is 5.30. The Hall–Kier alpha value is -3.11. The molecule has 27 heavy (non-hydrogen) atoms. The number of anilines is 1. The van der Waals surface area contributed by atoms with Crippen molar-refractivity contribution in [3.05, 3.63) is 77.9 Å². The van der Waals surface area contributed by atoms with Gasteiger partial charge in [-0.1, -0.05) is 48.6 Å². The molecule has 0 saturated heterocycles. The monoisotopic (exact) mass is 372 g/mol. The van der Waals surface area contributed by atoms with E-state index in [4.69, 9.17) is 9.72 Å². The maximum Gasteiger partial charge on any atom is 0.124 e. The Morgan fingerprint density at radius 3 is 2.19 bits per heavy atom. The van der Waals surface area contributed by atoms with Gasteiger partial charge in [-0.2, -0.15) is 0 Å². The molecule has 3 nitrogen and oxygen atoms in total. The summed E-state index contributed by atoms with van der Waals surface area (Å²) in [5.74, 6) is 0.862. The number of thiazole rings is 1. The zero-order valence-electron chi connectivity index (χ0n) is 15.3. The molecule has 0 fully saturated rings. The molecule has 0 amide bonds. The van der Waals surface area contributed by atoms with Crippen LogP contribution in [0.25, 0.3) is 32.9 Å². The van der Waals surface area contributed by atoms with Gasteiger partial charge in [-0.15, -0.1) is 11.3 Å². The second-order valence-electron chi connectivity index (χ2n) is 6.18. The number of nitrogens with one attached hydrogen (secondary N) is 1. The van der Waals surface area contributed by atoms with Crippen LogP contribution in [-0.2, 0) is 0 Å². The predicted octanol–water partition coefficient (Wildman–Crippen LogP) is 6.18. The van der Waals surface area contributed by atoms with E-state index in [0.717, 1.165) is 32.2 Å². The van der Waals surface area contributed by atoms with Gasteiger partial charge in [-0.25, -0.2) is 4.98 Å². The van der Waals surface area contributed by atoms with Gasteiger partial charge in [-0.05, 0) is 41.5 Å². The topological polar surface area (TPSA) is 34.2 Å². The third kappa shape index (κ3) is 3.86. The molecule has 0 radical (unpaired) electrons. The number of benzene rings is 3. The van der Waals surface area contributed by atoms with E-state index in [0.29, 0.717) is 0 Å². The van der Waals surface area contributed by atoms with Gasteiger partial charge in [0.05, 0.1) is 17.3 Å². The molecule has 1 aromatic heterocycles. The fourth-order valence-electron chi connectivity index (χ4n) is 2.85. The summed E-state index contributed by atoms with van der Waals surface area (Å²) < 4.78 is 6.43. The van der Waals surface area contributed by atoms with Gasteiger partial charge in [-0.3, -0.25) is 0 Å². The van der Waals surface area contributed by atoms with E-state index in [9.17, 15) is 0 Å². The second-order valence-corrected chi connectivity index (χ2v) is 7.21. The van der Waals surface area contributed by atoms with E-state index >= 15 is 0 Å². The lowest BCUT2D eigenvalue weighted by Gasteiger charge is -2.00. The first-order valence-corrected chi connectivity index (χ1v) is 9.58. The average Bonchev–Trinajstić information content (AvgIpc) is 3.16. The van der Waals surface area contributed by atoms with Gasteiger partial charge in [0.2, 0.25) is 0 Å². The van der Waals surface area contributed by atoms with Crippen LogP contribution in [0.2, 0.25) is 0 Å². The normalized spacial score (nSPS) is 11.2. The first kappa shape index (κ1) is 17.3. The van der Waals surface area contributed by atoms with Crippen molar-refractivity contribution in [1.29, 1.82) is 0 Å². The Kier molecular flexibility index (Phi) is 4.90. The van der Waals surface area contributed by atoms with Gasteiger partial charge in [0, 0.05) is 18.3 Å². The van der Waals surface area contributed by atoms with Gasteiger partial charge in [0.25, 0.3) is 0 Å². The highest BCUT2D eigenvalue weighted by Gasteiger charge is 2.07. The average molecular weight is 372 g/mol. The van der Waals surface area contributed by atoms with Gasteiger partial charge in [0.1, 0.15) is 10.8 Å². The van der Waals surface area contributed by atoms with Gasteiger partial charge >= 0.3 is 0 Å². The van der Waals surface area contributed by atoms with Crippen LogP contribution in [0.4, 0.5) is 5.69 Å². The molecule has 1 N–H and O–H groups in total. The fraction of sp³-hybridized carbons (Fsp3) is 0.0870. The van der Waals surface area contributed by atoms with Crippen molar-refractivity contribution in [1.82, 2.24) is 4.98 Å². The summed E-state index contributed by atoms with van der Waals surface area (Å²) >= 11 is 1.68. The molecule has 0 saturated carbocycles. The molecule has 0 spiro atoms. The molecule has 0 bridgehead atoms. The second kappa shape index (κ2) is 7.64. The highest BCUT2D eigenvalue weighted by atomic mass is 32.1. The van der Waals surface area contributed by atoms with E-state index < -0.39 is 0 Å². The van der Waals surface area contributed by atoms with E-state index in [1.54, 1.807) is 18.4 Å². The predicted molar refractivity (Wildman–Crippen MR) is 117 cm³/mol. The maximum atomic E-state index is 5.30. The number of fused-ring (bicyclic) bond motifs is 1. The molecular weight excluding hydrogens is 352 g/mol. The molecule has 0 atom stereocenters. The van der Waals surface area contributed by atoms with Crippen molar-refractivity contribution in [2.75, 3.05) is 19.5 Å². The molecule has 3 aromatic carbocycles. The van der Waals surface area contributed by atoms with E-state index in [1.807, 2.05) is 25.2 Å². The minimum absolute atomic E-state index is 0.862. The zero-order valence-corrected chi connectivity index (χ0v) is 16.1. The quantitative estimate of drug-likeness (QED) is 0.425. The number of rotatable bonds is 5. The highest BCUT2D eigenvalue weighted by Crippen LogP contribution is 2.32. The van der Waals surface area contributed by atoms with Gasteiger partial charge in [0.15, 0.2) is 0 Å². The minimum Gasteiger partial charge on any atom is -0.497 e. The number of methoxy groups -OCH3 is 1. The molecule has 0 aliphatic rings. The van der Waals surface area contributed by atoms with Crippen molar-refractivity contribution in [3.63, 3.8) is 0 Å². The van der Waals surface area contributed by atoms with Crippen LogP contribution in [0.5, 0.6) is 5.75 Å². The lowest BCUT2D eigenvalue weighted by Crippen LogP contribution is -1.86. The molecule has 1 heterocycles. The summed E-state index contributed by atoms with van der Waals surface area (Å²) in [4.78, 5) is 4.74. The molecular formula is C23H20N2OS. The zero-order chi connectivity index (χ0) is 18.6. The third-order valence-electron chi connectivity index (χ3n) is 4.42. The summed E-state index contributed by atoms with van der Waals surface area (Å²) in [5, 5.41) is 4.15. The number of hydrogen-bond donors (Lipinski definition) is 1. The summed E-state index contributed by atoms with van der Waals surface area (Å²) in [6.45, 7) is 0. The third-order valence-corrected chi connectivity index (χ3v) is 5.49. The molecule has 134 valence electrons. The number of hydrogen-bond acceptors (Lipinski definition) is 4. The molecule has 4 rings (SSSR count). The Balaban J connectivity index is 1.53. The Morgan fingerprint density at radius 2 is 1.56 bits per heavy atom. The Morgan fingerprint density at radius 1 is 0.889 bits per heavy atom. The standard InChI is InChI=1S/C23H20N2OS/c1-24-19-11-7-17(8-12-19)4-3-16-5-9-18(10-6-16)23-25-21-14-13-20(26-2)15-22(21)27-23/h3-15,24H,1-2H3. The molecule has 0 aliphatic heterocycles. The van der Waals surface area contributed by atoms with Crippen molar-refractivity contribution in [2.45, 2.75) is 0 Å². The van der Waals surface area contributed by atoms with Gasteiger partial charge < -0.3 is 10.1 Å². The van der Waals surface area contributed by atoms with Crippen LogP contribution >= 0.6 is 11.3 Å². The minimum atomic E-state index is 0.862. The molecule has 0 aliphatic carbocycles. The summed E-state index contributed by atoms with van der Waals surface area (Å²) in [6.07, 6.45) is 4.25. The summed E-state index contributed by atoms with van der Waals surface area (Å²) in [7, 11) is 3.61. The van der Waals surface area contributed by atoms with Crippen molar-refractivity contribution >= 4 is 39.4 Å². The number of aromatic nitrogens is 1. The van der Waals surface area contributed by atoms with Crippen LogP contribution < -0.4 is 10.1 Å². The number of nitrogens with zero attached hydrogens (tertiary/aromatic N) is 1. The first-order chi connectivity index (χ1) is 13.2. The smallest absolute Gasteiger partial charge is 0.124 e.